The summed E-state index contributed by atoms with van der Waals surface area (Å²) in [5.41, 5.74) is 0.956. The standard InChI is InChI=1S/C21H26FNO3/c22-18-3-1-13(2-4-18)5-6-23-19(24)12-26-21(25)20-16-8-14-7-15(10-16)11-17(20)9-14/h1-4,14-17,20H,5-12H2,(H,23,24). The Hall–Kier alpha value is -1.91. The maximum absolute atomic E-state index is 12.9. The van der Waals surface area contributed by atoms with Crippen LogP contribution in [-0.2, 0) is 20.7 Å². The Bertz CT molecular complexity index is 644. The molecule has 0 radical (unpaired) electrons. The molecule has 4 bridgehead atoms. The van der Waals surface area contributed by atoms with E-state index < -0.39 is 0 Å². The predicted octanol–water partition coefficient (Wildman–Crippen LogP) is 3.10. The molecule has 1 aromatic carbocycles. The van der Waals surface area contributed by atoms with E-state index in [1.165, 1.54) is 18.6 Å². The van der Waals surface area contributed by atoms with Gasteiger partial charge in [-0.1, -0.05) is 12.1 Å². The maximum Gasteiger partial charge on any atom is 0.310 e. The molecule has 1 N–H and O–H groups in total. The van der Waals surface area contributed by atoms with Crippen LogP contribution in [0.4, 0.5) is 4.39 Å². The van der Waals surface area contributed by atoms with Crippen molar-refractivity contribution in [2.45, 2.75) is 38.5 Å². The second kappa shape index (κ2) is 7.37. The van der Waals surface area contributed by atoms with Crippen molar-refractivity contribution in [2.24, 2.45) is 29.6 Å². The van der Waals surface area contributed by atoms with Crippen LogP contribution in [0.15, 0.2) is 24.3 Å². The highest BCUT2D eigenvalue weighted by Gasteiger charge is 2.51. The van der Waals surface area contributed by atoms with E-state index >= 15 is 0 Å². The fourth-order valence-corrected chi connectivity index (χ4v) is 5.59. The molecule has 1 aromatic rings. The number of amides is 1. The van der Waals surface area contributed by atoms with Crippen LogP contribution in [0.1, 0.15) is 37.7 Å². The SMILES string of the molecule is O=C(COC(=O)C1C2CC3CC(C2)CC1C3)NCCc1ccc(F)cc1. The van der Waals surface area contributed by atoms with E-state index in [9.17, 15) is 14.0 Å². The van der Waals surface area contributed by atoms with Crippen LogP contribution < -0.4 is 5.32 Å². The van der Waals surface area contributed by atoms with Crippen LogP contribution in [0.25, 0.3) is 0 Å². The van der Waals surface area contributed by atoms with Gasteiger partial charge in [0.05, 0.1) is 5.92 Å². The van der Waals surface area contributed by atoms with Crippen LogP contribution in [0.2, 0.25) is 0 Å². The first-order valence-electron chi connectivity index (χ1n) is 9.76. The molecule has 140 valence electrons. The van der Waals surface area contributed by atoms with Crippen molar-refractivity contribution in [1.29, 1.82) is 0 Å². The minimum atomic E-state index is -0.274. The zero-order chi connectivity index (χ0) is 18.1. The lowest BCUT2D eigenvalue weighted by atomic mass is 9.52. The van der Waals surface area contributed by atoms with Crippen LogP contribution in [0, 0.1) is 35.4 Å². The summed E-state index contributed by atoms with van der Waals surface area (Å²) in [4.78, 5) is 24.5. The van der Waals surface area contributed by atoms with Gasteiger partial charge in [-0.05, 0) is 79.9 Å². The molecule has 0 saturated heterocycles. The van der Waals surface area contributed by atoms with E-state index in [0.29, 0.717) is 24.8 Å². The molecule has 1 amide bonds. The van der Waals surface area contributed by atoms with Gasteiger partial charge in [0.1, 0.15) is 5.82 Å². The summed E-state index contributed by atoms with van der Waals surface area (Å²) < 4.78 is 18.2. The molecule has 4 aliphatic rings. The lowest BCUT2D eigenvalue weighted by molar-refractivity contribution is -0.164. The molecule has 26 heavy (non-hydrogen) atoms. The summed E-state index contributed by atoms with van der Waals surface area (Å²) in [5.74, 6) is 1.87. The molecule has 0 heterocycles. The van der Waals surface area contributed by atoms with Gasteiger partial charge in [-0.25, -0.2) is 4.39 Å². The molecule has 5 rings (SSSR count). The Labute approximate surface area is 153 Å². The van der Waals surface area contributed by atoms with Gasteiger partial charge in [0.2, 0.25) is 0 Å². The Morgan fingerprint density at radius 3 is 2.23 bits per heavy atom. The van der Waals surface area contributed by atoms with Crippen molar-refractivity contribution in [1.82, 2.24) is 5.32 Å². The maximum atomic E-state index is 12.9. The smallest absolute Gasteiger partial charge is 0.310 e. The first-order valence-corrected chi connectivity index (χ1v) is 9.76. The largest absolute Gasteiger partial charge is 0.455 e. The molecule has 0 atom stereocenters. The Balaban J connectivity index is 1.19. The minimum Gasteiger partial charge on any atom is -0.455 e. The van der Waals surface area contributed by atoms with E-state index in [1.54, 1.807) is 12.1 Å². The monoisotopic (exact) mass is 359 g/mol. The van der Waals surface area contributed by atoms with Crippen molar-refractivity contribution in [3.8, 4) is 0 Å². The van der Waals surface area contributed by atoms with Gasteiger partial charge in [0.15, 0.2) is 6.61 Å². The van der Waals surface area contributed by atoms with E-state index in [2.05, 4.69) is 5.32 Å². The third kappa shape index (κ3) is 3.76. The highest BCUT2D eigenvalue weighted by molar-refractivity contribution is 5.81. The number of hydrogen-bond donors (Lipinski definition) is 1. The van der Waals surface area contributed by atoms with Gasteiger partial charge >= 0.3 is 5.97 Å². The molecule has 4 nitrogen and oxygen atoms in total. The average Bonchev–Trinajstić information content (AvgIpc) is 2.61. The summed E-state index contributed by atoms with van der Waals surface area (Å²) in [5, 5.41) is 2.76. The number of ether oxygens (including phenoxy) is 1. The van der Waals surface area contributed by atoms with Crippen molar-refractivity contribution >= 4 is 11.9 Å². The quantitative estimate of drug-likeness (QED) is 0.794. The number of esters is 1. The Kier molecular flexibility index (Phi) is 4.96. The second-order valence-electron chi connectivity index (χ2n) is 8.29. The van der Waals surface area contributed by atoms with E-state index in [4.69, 9.17) is 4.74 Å². The zero-order valence-corrected chi connectivity index (χ0v) is 15.0. The molecular formula is C21H26FNO3. The van der Waals surface area contributed by atoms with Crippen molar-refractivity contribution in [3.05, 3.63) is 35.6 Å². The highest BCUT2D eigenvalue weighted by atomic mass is 19.1. The van der Waals surface area contributed by atoms with Gasteiger partial charge in [-0.2, -0.15) is 0 Å². The molecule has 4 aliphatic carbocycles. The summed E-state index contributed by atoms with van der Waals surface area (Å²) >= 11 is 0. The first kappa shape index (κ1) is 17.5. The summed E-state index contributed by atoms with van der Waals surface area (Å²) in [6.07, 6.45) is 6.63. The summed E-state index contributed by atoms with van der Waals surface area (Å²) in [7, 11) is 0. The normalized spacial score (nSPS) is 31.7. The highest BCUT2D eigenvalue weighted by Crippen LogP contribution is 2.56. The molecule has 0 spiro atoms. The minimum absolute atomic E-state index is 0.00909. The van der Waals surface area contributed by atoms with Crippen LogP contribution in [0.5, 0.6) is 0 Å². The molecule has 0 aromatic heterocycles. The Morgan fingerprint density at radius 2 is 1.62 bits per heavy atom. The lowest BCUT2D eigenvalue weighted by Gasteiger charge is -2.53. The second-order valence-corrected chi connectivity index (χ2v) is 8.29. The summed E-state index contributed by atoms with van der Waals surface area (Å²) in [6, 6.07) is 6.22. The van der Waals surface area contributed by atoms with Gasteiger partial charge in [-0.3, -0.25) is 9.59 Å². The van der Waals surface area contributed by atoms with E-state index in [0.717, 1.165) is 43.1 Å². The van der Waals surface area contributed by atoms with Crippen LogP contribution >= 0.6 is 0 Å². The van der Waals surface area contributed by atoms with Gasteiger partial charge < -0.3 is 10.1 Å². The average molecular weight is 359 g/mol. The fraction of sp³-hybridized carbons (Fsp3) is 0.619. The van der Waals surface area contributed by atoms with Crippen molar-refractivity contribution in [2.75, 3.05) is 13.2 Å². The number of carbonyl (C=O) groups is 2. The van der Waals surface area contributed by atoms with Crippen molar-refractivity contribution in [3.63, 3.8) is 0 Å². The molecule has 5 heteroatoms. The summed E-state index contributed by atoms with van der Waals surface area (Å²) in [6.45, 7) is 0.241. The van der Waals surface area contributed by atoms with Gasteiger partial charge in [0, 0.05) is 6.54 Å². The molecular weight excluding hydrogens is 333 g/mol. The Morgan fingerprint density at radius 1 is 1.00 bits per heavy atom. The fourth-order valence-electron chi connectivity index (χ4n) is 5.59. The number of benzene rings is 1. The number of nitrogens with one attached hydrogen (secondary N) is 1. The number of rotatable bonds is 6. The molecule has 0 unspecified atom stereocenters. The first-order chi connectivity index (χ1) is 12.6. The molecule has 4 saturated carbocycles. The number of carbonyl (C=O) groups excluding carboxylic acids is 2. The topological polar surface area (TPSA) is 55.4 Å². The number of halogens is 1. The third-order valence-electron chi connectivity index (χ3n) is 6.49. The van der Waals surface area contributed by atoms with Crippen molar-refractivity contribution < 1.29 is 18.7 Å². The number of hydrogen-bond acceptors (Lipinski definition) is 3. The third-order valence-corrected chi connectivity index (χ3v) is 6.49. The van der Waals surface area contributed by atoms with E-state index in [-0.39, 0.29) is 30.2 Å². The van der Waals surface area contributed by atoms with Crippen LogP contribution in [-0.4, -0.2) is 25.0 Å². The molecule has 4 fully saturated rings. The molecule has 0 aliphatic heterocycles. The van der Waals surface area contributed by atoms with Crippen LogP contribution in [0.3, 0.4) is 0 Å². The van der Waals surface area contributed by atoms with Gasteiger partial charge in [0.25, 0.3) is 5.91 Å². The zero-order valence-electron chi connectivity index (χ0n) is 15.0. The van der Waals surface area contributed by atoms with Gasteiger partial charge in [-0.15, -0.1) is 0 Å². The lowest BCUT2D eigenvalue weighted by Crippen LogP contribution is -2.48. The van der Waals surface area contributed by atoms with E-state index in [1.807, 2.05) is 0 Å². The predicted molar refractivity (Wildman–Crippen MR) is 94.6 cm³/mol.